The number of carbonyl (C=O) groups excluding carboxylic acids is 1. The van der Waals surface area contributed by atoms with Gasteiger partial charge in [0.25, 0.3) is 5.91 Å². The average Bonchev–Trinajstić information content (AvgIpc) is 3.19. The molecule has 0 saturated heterocycles. The number of ether oxygens (including phenoxy) is 2. The summed E-state index contributed by atoms with van der Waals surface area (Å²) in [6.07, 6.45) is 0. The zero-order valence-corrected chi connectivity index (χ0v) is 17.1. The summed E-state index contributed by atoms with van der Waals surface area (Å²) in [5.41, 5.74) is 1.89. The van der Waals surface area contributed by atoms with Crippen LogP contribution in [0.25, 0.3) is 11.4 Å². The van der Waals surface area contributed by atoms with E-state index in [0.717, 1.165) is 16.9 Å². The topological polar surface area (TPSA) is 77.7 Å². The first-order valence-electron chi connectivity index (χ1n) is 9.42. The number of amides is 1. The Bertz CT molecular complexity index is 951. The molecule has 1 aromatic heterocycles. The van der Waals surface area contributed by atoms with Gasteiger partial charge in [0.15, 0.2) is 6.61 Å². The average molecular weight is 395 g/mol. The number of hydrogen-bond donors (Lipinski definition) is 0. The summed E-state index contributed by atoms with van der Waals surface area (Å²) < 4.78 is 16.2. The fourth-order valence-corrected chi connectivity index (χ4v) is 2.81. The summed E-state index contributed by atoms with van der Waals surface area (Å²) >= 11 is 0. The fourth-order valence-electron chi connectivity index (χ4n) is 2.81. The highest BCUT2D eigenvalue weighted by atomic mass is 16.5. The van der Waals surface area contributed by atoms with Gasteiger partial charge in [0.1, 0.15) is 18.0 Å². The second-order valence-corrected chi connectivity index (χ2v) is 6.96. The van der Waals surface area contributed by atoms with E-state index < -0.39 is 0 Å². The van der Waals surface area contributed by atoms with Gasteiger partial charge in [0.2, 0.25) is 11.7 Å². The molecule has 0 atom stereocenters. The Labute approximate surface area is 170 Å². The second kappa shape index (κ2) is 9.23. The molecule has 0 unspecified atom stereocenters. The standard InChI is InChI=1S/C22H25N3O4/c1-15(2)25(21(26)14-28-19-7-5-6-16(3)12-19)13-20-23-22(24-29-20)17-8-10-18(27-4)11-9-17/h5-12,15H,13-14H2,1-4H3. The van der Waals surface area contributed by atoms with Crippen LogP contribution in [0.15, 0.2) is 53.1 Å². The summed E-state index contributed by atoms with van der Waals surface area (Å²) in [6.45, 7) is 6.01. The number of rotatable bonds is 8. The number of methoxy groups -OCH3 is 1. The highest BCUT2D eigenvalue weighted by molar-refractivity contribution is 5.78. The number of nitrogens with zero attached hydrogens (tertiary/aromatic N) is 3. The molecular formula is C22H25N3O4. The zero-order valence-electron chi connectivity index (χ0n) is 17.1. The van der Waals surface area contributed by atoms with E-state index in [0.29, 0.717) is 17.5 Å². The van der Waals surface area contributed by atoms with Gasteiger partial charge in [-0.25, -0.2) is 0 Å². The van der Waals surface area contributed by atoms with Gasteiger partial charge in [-0.1, -0.05) is 17.3 Å². The summed E-state index contributed by atoms with van der Waals surface area (Å²) in [7, 11) is 1.61. The first kappa shape index (κ1) is 20.4. The molecule has 152 valence electrons. The molecule has 0 fully saturated rings. The maximum atomic E-state index is 12.7. The van der Waals surface area contributed by atoms with E-state index in [4.69, 9.17) is 14.0 Å². The normalized spacial score (nSPS) is 10.8. The molecule has 7 heteroatoms. The number of aromatic nitrogens is 2. The van der Waals surface area contributed by atoms with Crippen LogP contribution in [0, 0.1) is 6.92 Å². The second-order valence-electron chi connectivity index (χ2n) is 6.96. The van der Waals surface area contributed by atoms with Crippen molar-refractivity contribution in [3.8, 4) is 22.9 Å². The molecule has 1 amide bonds. The van der Waals surface area contributed by atoms with Gasteiger partial charge >= 0.3 is 0 Å². The monoisotopic (exact) mass is 395 g/mol. The minimum absolute atomic E-state index is 0.0417. The van der Waals surface area contributed by atoms with E-state index in [-0.39, 0.29) is 25.1 Å². The van der Waals surface area contributed by atoms with Crippen LogP contribution in [0.4, 0.5) is 0 Å². The lowest BCUT2D eigenvalue weighted by molar-refractivity contribution is -0.136. The molecule has 3 rings (SSSR count). The molecule has 0 radical (unpaired) electrons. The Hall–Kier alpha value is -3.35. The minimum atomic E-state index is -0.147. The molecule has 29 heavy (non-hydrogen) atoms. The maximum absolute atomic E-state index is 12.7. The molecule has 7 nitrogen and oxygen atoms in total. The summed E-state index contributed by atoms with van der Waals surface area (Å²) in [4.78, 5) is 18.8. The van der Waals surface area contributed by atoms with Crippen LogP contribution in [0.2, 0.25) is 0 Å². The Morgan fingerprint density at radius 1 is 1.14 bits per heavy atom. The quantitative estimate of drug-likeness (QED) is 0.576. The van der Waals surface area contributed by atoms with E-state index >= 15 is 0 Å². The summed E-state index contributed by atoms with van der Waals surface area (Å²) in [5, 5.41) is 4.02. The lowest BCUT2D eigenvalue weighted by atomic mass is 10.2. The first-order valence-corrected chi connectivity index (χ1v) is 9.42. The van der Waals surface area contributed by atoms with E-state index in [1.807, 2.05) is 69.3 Å². The van der Waals surface area contributed by atoms with Crippen LogP contribution in [-0.4, -0.2) is 40.7 Å². The van der Waals surface area contributed by atoms with Crippen LogP contribution in [0.1, 0.15) is 25.3 Å². The van der Waals surface area contributed by atoms with Crippen LogP contribution in [0.3, 0.4) is 0 Å². The predicted octanol–water partition coefficient (Wildman–Crippen LogP) is 3.87. The van der Waals surface area contributed by atoms with Crippen LogP contribution < -0.4 is 9.47 Å². The van der Waals surface area contributed by atoms with Gasteiger partial charge in [-0.3, -0.25) is 4.79 Å². The van der Waals surface area contributed by atoms with Crippen LogP contribution >= 0.6 is 0 Å². The number of carbonyl (C=O) groups is 1. The largest absolute Gasteiger partial charge is 0.497 e. The molecule has 0 N–H and O–H groups in total. The zero-order chi connectivity index (χ0) is 20.8. The molecule has 0 aliphatic rings. The maximum Gasteiger partial charge on any atom is 0.261 e. The van der Waals surface area contributed by atoms with Crippen molar-refractivity contribution in [1.29, 1.82) is 0 Å². The van der Waals surface area contributed by atoms with E-state index in [9.17, 15) is 4.79 Å². The predicted molar refractivity (Wildman–Crippen MR) is 109 cm³/mol. The highest BCUT2D eigenvalue weighted by Gasteiger charge is 2.21. The van der Waals surface area contributed by atoms with Crippen LogP contribution in [0.5, 0.6) is 11.5 Å². The van der Waals surface area contributed by atoms with E-state index in [2.05, 4.69) is 10.1 Å². The van der Waals surface area contributed by atoms with Gasteiger partial charge in [-0.05, 0) is 62.7 Å². The lowest BCUT2D eigenvalue weighted by Gasteiger charge is -2.25. The van der Waals surface area contributed by atoms with Crippen molar-refractivity contribution in [1.82, 2.24) is 15.0 Å². The number of hydrogen-bond acceptors (Lipinski definition) is 6. The molecule has 0 bridgehead atoms. The molecule has 0 aliphatic carbocycles. The Morgan fingerprint density at radius 3 is 2.55 bits per heavy atom. The van der Waals surface area contributed by atoms with Gasteiger partial charge in [0, 0.05) is 11.6 Å². The van der Waals surface area contributed by atoms with Gasteiger partial charge in [-0.2, -0.15) is 4.98 Å². The Kier molecular flexibility index (Phi) is 6.49. The number of benzene rings is 2. The van der Waals surface area contributed by atoms with Crippen LogP contribution in [-0.2, 0) is 11.3 Å². The molecule has 2 aromatic carbocycles. The number of aryl methyl sites for hydroxylation is 1. The summed E-state index contributed by atoms with van der Waals surface area (Å²) in [5.74, 6) is 2.11. The first-order chi connectivity index (χ1) is 14.0. The smallest absolute Gasteiger partial charge is 0.261 e. The SMILES string of the molecule is COc1ccc(-c2noc(CN(C(=O)COc3cccc(C)c3)C(C)C)n2)cc1. The van der Waals surface area contributed by atoms with Crippen molar-refractivity contribution in [2.75, 3.05) is 13.7 Å². The molecule has 0 saturated carbocycles. The van der Waals surface area contributed by atoms with Crippen molar-refractivity contribution in [3.05, 3.63) is 60.0 Å². The van der Waals surface area contributed by atoms with Crippen molar-refractivity contribution in [2.45, 2.75) is 33.4 Å². The fraction of sp³-hybridized carbons (Fsp3) is 0.318. The molecule has 0 aliphatic heterocycles. The van der Waals surface area contributed by atoms with Crippen molar-refractivity contribution in [3.63, 3.8) is 0 Å². The van der Waals surface area contributed by atoms with E-state index in [1.165, 1.54) is 0 Å². The molecule has 1 heterocycles. The van der Waals surface area contributed by atoms with Gasteiger partial charge in [0.05, 0.1) is 7.11 Å². The third kappa shape index (κ3) is 5.34. The Balaban J connectivity index is 1.65. The Morgan fingerprint density at radius 2 is 1.90 bits per heavy atom. The molecular weight excluding hydrogens is 370 g/mol. The molecule has 3 aromatic rings. The highest BCUT2D eigenvalue weighted by Crippen LogP contribution is 2.20. The van der Waals surface area contributed by atoms with Crippen molar-refractivity contribution < 1.29 is 18.8 Å². The van der Waals surface area contributed by atoms with E-state index in [1.54, 1.807) is 12.0 Å². The van der Waals surface area contributed by atoms with Crippen molar-refractivity contribution in [2.24, 2.45) is 0 Å². The van der Waals surface area contributed by atoms with Crippen molar-refractivity contribution >= 4 is 5.91 Å². The molecule has 0 spiro atoms. The minimum Gasteiger partial charge on any atom is -0.497 e. The van der Waals surface area contributed by atoms with Gasteiger partial charge < -0.3 is 18.9 Å². The lowest BCUT2D eigenvalue weighted by Crippen LogP contribution is -2.39. The van der Waals surface area contributed by atoms with Gasteiger partial charge in [-0.15, -0.1) is 0 Å². The third-order valence-corrected chi connectivity index (χ3v) is 4.42. The third-order valence-electron chi connectivity index (χ3n) is 4.42. The summed E-state index contributed by atoms with van der Waals surface area (Å²) in [6, 6.07) is 14.9.